The summed E-state index contributed by atoms with van der Waals surface area (Å²) in [6.45, 7) is 4.73. The fraction of sp³-hybridized carbons (Fsp3) is 0.294. The molecular formula is C17H20N2O3. The summed E-state index contributed by atoms with van der Waals surface area (Å²) < 4.78 is 5.24. The van der Waals surface area contributed by atoms with Gasteiger partial charge in [0.05, 0.1) is 6.61 Å². The first-order valence-electron chi connectivity index (χ1n) is 7.29. The highest BCUT2D eigenvalue weighted by molar-refractivity contribution is 5.94. The zero-order valence-electron chi connectivity index (χ0n) is 12.8. The summed E-state index contributed by atoms with van der Waals surface area (Å²) in [4.78, 5) is 26.9. The lowest BCUT2D eigenvalue weighted by Gasteiger charge is -2.13. The molecule has 0 aliphatic heterocycles. The molecule has 2 N–H and O–H groups in total. The summed E-state index contributed by atoms with van der Waals surface area (Å²) in [5.41, 5.74) is 1.28. The molecule has 22 heavy (non-hydrogen) atoms. The van der Waals surface area contributed by atoms with Crippen LogP contribution in [0.15, 0.2) is 47.3 Å². The Morgan fingerprint density at radius 1 is 1.23 bits per heavy atom. The van der Waals surface area contributed by atoms with Crippen molar-refractivity contribution >= 4 is 5.91 Å². The second kappa shape index (κ2) is 7.56. The fourth-order valence-electron chi connectivity index (χ4n) is 2.08. The summed E-state index contributed by atoms with van der Waals surface area (Å²) >= 11 is 0. The number of H-pyrrole nitrogens is 1. The maximum absolute atomic E-state index is 12.1. The van der Waals surface area contributed by atoms with Gasteiger partial charge in [0, 0.05) is 18.3 Å². The number of aromatic amines is 1. The van der Waals surface area contributed by atoms with E-state index in [1.54, 1.807) is 12.1 Å². The lowest BCUT2D eigenvalue weighted by atomic mass is 10.1. The van der Waals surface area contributed by atoms with Gasteiger partial charge >= 0.3 is 0 Å². The molecule has 0 bridgehead atoms. The van der Waals surface area contributed by atoms with E-state index < -0.39 is 11.5 Å². The van der Waals surface area contributed by atoms with Crippen LogP contribution in [0.3, 0.4) is 0 Å². The van der Waals surface area contributed by atoms with E-state index in [9.17, 15) is 9.59 Å². The Labute approximate surface area is 129 Å². The number of carbonyl (C=O) groups is 1. The molecule has 1 aromatic carbocycles. The molecule has 5 heteroatoms. The van der Waals surface area contributed by atoms with Crippen molar-refractivity contribution in [3.8, 4) is 11.3 Å². The Hall–Kier alpha value is -2.40. The molecule has 1 heterocycles. The Morgan fingerprint density at radius 2 is 1.95 bits per heavy atom. The molecule has 2 aromatic rings. The number of carbonyl (C=O) groups excluding carboxylic acids is 1. The molecule has 0 radical (unpaired) electrons. The van der Waals surface area contributed by atoms with Gasteiger partial charge in [0.15, 0.2) is 0 Å². The molecule has 2 rings (SSSR count). The number of benzene rings is 1. The molecule has 0 spiro atoms. The Balaban J connectivity index is 2.13. The van der Waals surface area contributed by atoms with Crippen LogP contribution in [0.5, 0.6) is 0 Å². The third-order valence-electron chi connectivity index (χ3n) is 3.19. The van der Waals surface area contributed by atoms with Crippen LogP contribution < -0.4 is 10.9 Å². The molecule has 0 aliphatic carbocycles. The quantitative estimate of drug-likeness (QED) is 0.859. The van der Waals surface area contributed by atoms with Crippen molar-refractivity contribution in [2.75, 3.05) is 13.2 Å². The Bertz CT molecular complexity index is 680. The standard InChI is InChI=1S/C17H20N2O3/c1-3-22-11-12(2)18-16(20)14-9-10-15(19-17(14)21)13-7-5-4-6-8-13/h4-10,12H,3,11H2,1-2H3,(H,18,20)(H,19,21)/t12-/m0/s1. The van der Waals surface area contributed by atoms with E-state index in [0.29, 0.717) is 18.9 Å². The summed E-state index contributed by atoms with van der Waals surface area (Å²) in [6.07, 6.45) is 0. The maximum Gasteiger partial charge on any atom is 0.261 e. The van der Waals surface area contributed by atoms with Crippen molar-refractivity contribution in [2.45, 2.75) is 19.9 Å². The zero-order valence-corrected chi connectivity index (χ0v) is 12.8. The van der Waals surface area contributed by atoms with Gasteiger partial charge in [-0.15, -0.1) is 0 Å². The van der Waals surface area contributed by atoms with Crippen molar-refractivity contribution in [3.05, 3.63) is 58.4 Å². The lowest BCUT2D eigenvalue weighted by Crippen LogP contribution is -2.38. The third-order valence-corrected chi connectivity index (χ3v) is 3.19. The topological polar surface area (TPSA) is 71.2 Å². The molecule has 0 saturated heterocycles. The van der Waals surface area contributed by atoms with Crippen LogP contribution in [-0.4, -0.2) is 30.1 Å². The lowest BCUT2D eigenvalue weighted by molar-refractivity contribution is 0.0870. The first-order chi connectivity index (χ1) is 10.6. The van der Waals surface area contributed by atoms with E-state index in [1.807, 2.05) is 44.2 Å². The average molecular weight is 300 g/mol. The molecule has 1 aromatic heterocycles. The van der Waals surface area contributed by atoms with Crippen LogP contribution in [-0.2, 0) is 4.74 Å². The minimum absolute atomic E-state index is 0.100. The Kier molecular flexibility index (Phi) is 5.49. The molecular weight excluding hydrogens is 280 g/mol. The van der Waals surface area contributed by atoms with Crippen molar-refractivity contribution in [1.29, 1.82) is 0 Å². The minimum atomic E-state index is -0.400. The summed E-state index contributed by atoms with van der Waals surface area (Å²) in [5, 5.41) is 2.75. The summed E-state index contributed by atoms with van der Waals surface area (Å²) in [5.74, 6) is -0.395. The molecule has 0 fully saturated rings. The van der Waals surface area contributed by atoms with Gasteiger partial charge in [0.1, 0.15) is 5.56 Å². The molecule has 0 aliphatic rings. The van der Waals surface area contributed by atoms with Gasteiger partial charge in [-0.25, -0.2) is 0 Å². The van der Waals surface area contributed by atoms with Crippen LogP contribution >= 0.6 is 0 Å². The predicted molar refractivity (Wildman–Crippen MR) is 85.9 cm³/mol. The molecule has 1 amide bonds. The van der Waals surface area contributed by atoms with Crippen LogP contribution in [0.2, 0.25) is 0 Å². The highest BCUT2D eigenvalue weighted by atomic mass is 16.5. The minimum Gasteiger partial charge on any atom is -0.380 e. The van der Waals surface area contributed by atoms with Gasteiger partial charge in [0.2, 0.25) is 0 Å². The smallest absolute Gasteiger partial charge is 0.261 e. The van der Waals surface area contributed by atoms with E-state index in [2.05, 4.69) is 10.3 Å². The monoisotopic (exact) mass is 300 g/mol. The predicted octanol–water partition coefficient (Wildman–Crippen LogP) is 2.20. The number of ether oxygens (including phenoxy) is 1. The van der Waals surface area contributed by atoms with Crippen LogP contribution in [0.1, 0.15) is 24.2 Å². The molecule has 0 saturated carbocycles. The SMILES string of the molecule is CCOC[C@H](C)NC(=O)c1ccc(-c2ccccc2)[nH]c1=O. The largest absolute Gasteiger partial charge is 0.380 e. The normalized spacial score (nSPS) is 11.9. The maximum atomic E-state index is 12.1. The highest BCUT2D eigenvalue weighted by Gasteiger charge is 2.14. The molecule has 5 nitrogen and oxygen atoms in total. The van der Waals surface area contributed by atoms with Gasteiger partial charge in [-0.05, 0) is 31.5 Å². The number of hydrogen-bond acceptors (Lipinski definition) is 3. The van der Waals surface area contributed by atoms with Gasteiger partial charge in [-0.3, -0.25) is 9.59 Å². The van der Waals surface area contributed by atoms with E-state index in [0.717, 1.165) is 5.56 Å². The van der Waals surface area contributed by atoms with E-state index in [-0.39, 0.29) is 11.6 Å². The van der Waals surface area contributed by atoms with E-state index in [1.165, 1.54) is 0 Å². The number of pyridine rings is 1. The van der Waals surface area contributed by atoms with Crippen molar-refractivity contribution in [1.82, 2.24) is 10.3 Å². The van der Waals surface area contributed by atoms with Gasteiger partial charge < -0.3 is 15.0 Å². The average Bonchev–Trinajstić information content (AvgIpc) is 2.53. The van der Waals surface area contributed by atoms with E-state index >= 15 is 0 Å². The molecule has 116 valence electrons. The Morgan fingerprint density at radius 3 is 2.59 bits per heavy atom. The van der Waals surface area contributed by atoms with E-state index in [4.69, 9.17) is 4.74 Å². The van der Waals surface area contributed by atoms with Crippen molar-refractivity contribution < 1.29 is 9.53 Å². The molecule has 1 atom stereocenters. The second-order valence-electron chi connectivity index (χ2n) is 5.01. The second-order valence-corrected chi connectivity index (χ2v) is 5.01. The van der Waals surface area contributed by atoms with Gasteiger partial charge in [-0.2, -0.15) is 0 Å². The number of rotatable bonds is 6. The van der Waals surface area contributed by atoms with Crippen LogP contribution in [0.25, 0.3) is 11.3 Å². The summed E-state index contributed by atoms with van der Waals surface area (Å²) in [6, 6.07) is 12.6. The third kappa shape index (κ3) is 4.05. The molecule has 0 unspecified atom stereocenters. The number of nitrogens with one attached hydrogen (secondary N) is 2. The summed E-state index contributed by atoms with van der Waals surface area (Å²) in [7, 11) is 0. The van der Waals surface area contributed by atoms with Crippen LogP contribution in [0.4, 0.5) is 0 Å². The van der Waals surface area contributed by atoms with Gasteiger partial charge in [0.25, 0.3) is 11.5 Å². The van der Waals surface area contributed by atoms with Crippen molar-refractivity contribution in [3.63, 3.8) is 0 Å². The number of amides is 1. The first kappa shape index (κ1) is 16.0. The number of hydrogen-bond donors (Lipinski definition) is 2. The first-order valence-corrected chi connectivity index (χ1v) is 7.29. The number of aromatic nitrogens is 1. The van der Waals surface area contributed by atoms with Gasteiger partial charge in [-0.1, -0.05) is 30.3 Å². The fourth-order valence-corrected chi connectivity index (χ4v) is 2.08. The zero-order chi connectivity index (χ0) is 15.9. The van der Waals surface area contributed by atoms with Crippen LogP contribution in [0, 0.1) is 0 Å². The van der Waals surface area contributed by atoms with Crippen molar-refractivity contribution in [2.24, 2.45) is 0 Å². The highest BCUT2D eigenvalue weighted by Crippen LogP contribution is 2.14.